The van der Waals surface area contributed by atoms with Gasteiger partial charge in [-0.1, -0.05) is 172 Å². The second kappa shape index (κ2) is 38.1. The summed E-state index contributed by atoms with van der Waals surface area (Å²) in [7, 11) is 0. The quantitative estimate of drug-likeness (QED) is 0.0265. The van der Waals surface area contributed by atoms with E-state index in [1.54, 1.807) is 0 Å². The van der Waals surface area contributed by atoms with Crippen molar-refractivity contribution in [3.63, 3.8) is 0 Å². The second-order valence-corrected chi connectivity index (χ2v) is 15.9. The minimum atomic E-state index is -1.86. The summed E-state index contributed by atoms with van der Waals surface area (Å²) in [6.45, 7) is 3.69. The lowest BCUT2D eigenvalue weighted by atomic mass is 9.99. The summed E-state index contributed by atoms with van der Waals surface area (Å²) in [5, 5.41) is 39.8. The monoisotopic (exact) mass is 835 g/mol. The summed E-state index contributed by atoms with van der Waals surface area (Å²) in [5.41, 5.74) is 0. The zero-order valence-corrected chi connectivity index (χ0v) is 36.7. The van der Waals surface area contributed by atoms with Crippen molar-refractivity contribution < 1.29 is 53.8 Å². The third kappa shape index (κ3) is 29.9. The fourth-order valence-corrected chi connectivity index (χ4v) is 6.81. The molecule has 1 aliphatic heterocycles. The number of hydrogen-bond acceptors (Lipinski definition) is 10. The van der Waals surface area contributed by atoms with Crippen LogP contribution in [0.3, 0.4) is 0 Å². The fourth-order valence-electron chi connectivity index (χ4n) is 6.81. The van der Waals surface area contributed by atoms with Crippen LogP contribution in [0.2, 0.25) is 0 Å². The number of unbranched alkanes of at least 4 members (excludes halogenated alkanes) is 19. The largest absolute Gasteiger partial charge is 0.479 e. The molecule has 0 spiro atoms. The molecule has 1 rings (SSSR count). The van der Waals surface area contributed by atoms with Gasteiger partial charge in [0.15, 0.2) is 18.5 Å². The van der Waals surface area contributed by atoms with Gasteiger partial charge in [-0.2, -0.15) is 0 Å². The van der Waals surface area contributed by atoms with Crippen LogP contribution in [-0.4, -0.2) is 88.4 Å². The van der Waals surface area contributed by atoms with Crippen LogP contribution in [0.1, 0.15) is 187 Å². The van der Waals surface area contributed by atoms with Crippen molar-refractivity contribution in [2.45, 2.75) is 224 Å². The van der Waals surface area contributed by atoms with E-state index in [0.29, 0.717) is 12.8 Å². The van der Waals surface area contributed by atoms with Crippen LogP contribution in [0.15, 0.2) is 48.6 Å². The summed E-state index contributed by atoms with van der Waals surface area (Å²) in [4.78, 5) is 36.8. The Bertz CT molecular complexity index is 1170. The number of allylic oxidation sites excluding steroid dienone is 8. The van der Waals surface area contributed by atoms with Gasteiger partial charge in [0.1, 0.15) is 24.9 Å². The highest BCUT2D eigenvalue weighted by atomic mass is 16.7. The van der Waals surface area contributed by atoms with E-state index in [1.807, 2.05) is 0 Å². The highest BCUT2D eigenvalue weighted by Crippen LogP contribution is 2.23. The minimum Gasteiger partial charge on any atom is -0.479 e. The molecule has 0 bridgehead atoms. The van der Waals surface area contributed by atoms with Crippen LogP contribution >= 0.6 is 0 Å². The number of ether oxygens (including phenoxy) is 4. The Morgan fingerprint density at radius 2 is 1.00 bits per heavy atom. The molecule has 6 atom stereocenters. The highest BCUT2D eigenvalue weighted by molar-refractivity contribution is 5.73. The average Bonchev–Trinajstić information content (AvgIpc) is 3.22. The maximum Gasteiger partial charge on any atom is 0.335 e. The topological polar surface area (TPSA) is 169 Å². The normalized spacial score (nSPS) is 20.3. The Kier molecular flexibility index (Phi) is 35.0. The van der Waals surface area contributed by atoms with Crippen LogP contribution in [0.4, 0.5) is 0 Å². The first kappa shape index (κ1) is 54.2. The number of aliphatic hydroxyl groups excluding tert-OH is 3. The number of carboxylic acids is 1. The molecule has 0 aliphatic carbocycles. The van der Waals surface area contributed by atoms with E-state index in [-0.39, 0.29) is 19.4 Å². The number of aliphatic hydroxyl groups is 3. The van der Waals surface area contributed by atoms with Gasteiger partial charge >= 0.3 is 17.9 Å². The van der Waals surface area contributed by atoms with Crippen molar-refractivity contribution in [1.82, 2.24) is 0 Å². The maximum absolute atomic E-state index is 12.7. The van der Waals surface area contributed by atoms with Gasteiger partial charge < -0.3 is 39.4 Å². The van der Waals surface area contributed by atoms with E-state index in [1.165, 1.54) is 77.0 Å². The van der Waals surface area contributed by atoms with Crippen molar-refractivity contribution in [3.8, 4) is 0 Å². The predicted molar refractivity (Wildman–Crippen MR) is 234 cm³/mol. The summed E-state index contributed by atoms with van der Waals surface area (Å²) >= 11 is 0. The van der Waals surface area contributed by atoms with Gasteiger partial charge in [-0.25, -0.2) is 4.79 Å². The zero-order chi connectivity index (χ0) is 43.2. The molecule has 0 aromatic rings. The molecule has 1 aliphatic rings. The Balaban J connectivity index is 2.32. The lowest BCUT2D eigenvalue weighted by Gasteiger charge is -2.38. The lowest BCUT2D eigenvalue weighted by molar-refractivity contribution is -0.298. The van der Waals surface area contributed by atoms with Crippen LogP contribution in [0.5, 0.6) is 0 Å². The molecule has 0 aromatic carbocycles. The minimum absolute atomic E-state index is 0.182. The first-order valence-electron chi connectivity index (χ1n) is 23.2. The molecule has 4 N–H and O–H groups in total. The van der Waals surface area contributed by atoms with Gasteiger partial charge in [0, 0.05) is 12.8 Å². The number of carboxylic acid groups (broad SMARTS) is 1. The summed E-state index contributed by atoms with van der Waals surface area (Å²) in [6, 6.07) is 0. The van der Waals surface area contributed by atoms with Gasteiger partial charge in [0.2, 0.25) is 0 Å². The van der Waals surface area contributed by atoms with Crippen molar-refractivity contribution in [2.75, 3.05) is 13.2 Å². The van der Waals surface area contributed by atoms with Gasteiger partial charge in [0.25, 0.3) is 0 Å². The zero-order valence-electron chi connectivity index (χ0n) is 36.7. The average molecular weight is 835 g/mol. The molecule has 0 saturated carbocycles. The molecule has 11 nitrogen and oxygen atoms in total. The van der Waals surface area contributed by atoms with E-state index in [4.69, 9.17) is 18.9 Å². The fraction of sp³-hybridized carbons (Fsp3) is 0.771. The number of rotatable bonds is 38. The van der Waals surface area contributed by atoms with Crippen LogP contribution in [-0.2, 0) is 33.3 Å². The highest BCUT2D eigenvalue weighted by Gasteiger charge is 2.47. The molecule has 0 radical (unpaired) electrons. The molecule has 1 heterocycles. The third-order valence-electron chi connectivity index (χ3n) is 10.4. The molecular formula is C48H82O11. The molecule has 59 heavy (non-hydrogen) atoms. The van der Waals surface area contributed by atoms with Crippen LogP contribution in [0, 0.1) is 0 Å². The van der Waals surface area contributed by atoms with Gasteiger partial charge in [-0.15, -0.1) is 0 Å². The number of carbonyl (C=O) groups is 3. The van der Waals surface area contributed by atoms with E-state index < -0.39 is 61.3 Å². The molecule has 1 saturated heterocycles. The first-order valence-corrected chi connectivity index (χ1v) is 23.2. The summed E-state index contributed by atoms with van der Waals surface area (Å²) < 4.78 is 21.7. The van der Waals surface area contributed by atoms with Crippen LogP contribution in [0.25, 0.3) is 0 Å². The summed E-state index contributed by atoms with van der Waals surface area (Å²) in [6.07, 6.45) is 35.9. The van der Waals surface area contributed by atoms with Gasteiger partial charge in [-0.05, 0) is 51.4 Å². The molecule has 0 amide bonds. The molecule has 11 heteroatoms. The van der Waals surface area contributed by atoms with E-state index in [9.17, 15) is 34.8 Å². The van der Waals surface area contributed by atoms with E-state index >= 15 is 0 Å². The molecule has 6 unspecified atom stereocenters. The molecular weight excluding hydrogens is 753 g/mol. The Labute approximate surface area is 356 Å². The van der Waals surface area contributed by atoms with E-state index in [0.717, 1.165) is 70.6 Å². The van der Waals surface area contributed by atoms with Gasteiger partial charge in [-0.3, -0.25) is 9.59 Å². The van der Waals surface area contributed by atoms with E-state index in [2.05, 4.69) is 62.5 Å². The standard InChI is InChI=1S/C48H82O11/c1-3-5-7-9-11-13-15-17-18-19-20-21-22-23-24-25-27-28-30-32-34-36-41(49)56-38-40(39-57-48-45(53)43(51)44(52)46(59-48)47(54)55)58-42(50)37-35-33-31-29-26-16-14-12-10-8-6-4-2/h5,7,11,13,17-18,20-21,40,43-46,48,51-53H,3-4,6,8-10,12,14-16,19,22-39H2,1-2H3,(H,54,55)/b7-5-,13-11-,18-17-,21-20-. The Hall–Kier alpha value is -2.83. The molecule has 1 fully saturated rings. The lowest BCUT2D eigenvalue weighted by Crippen LogP contribution is -2.60. The number of aliphatic carboxylic acids is 1. The third-order valence-corrected chi connectivity index (χ3v) is 10.4. The van der Waals surface area contributed by atoms with Crippen molar-refractivity contribution in [2.24, 2.45) is 0 Å². The first-order chi connectivity index (χ1) is 28.7. The Morgan fingerprint density at radius 1 is 0.542 bits per heavy atom. The van der Waals surface area contributed by atoms with Crippen molar-refractivity contribution in [3.05, 3.63) is 48.6 Å². The number of hydrogen-bond donors (Lipinski definition) is 4. The number of carbonyl (C=O) groups excluding carboxylic acids is 2. The molecule has 0 aromatic heterocycles. The predicted octanol–water partition coefficient (Wildman–Crippen LogP) is 10.1. The molecule has 340 valence electrons. The van der Waals surface area contributed by atoms with Crippen LogP contribution < -0.4 is 0 Å². The van der Waals surface area contributed by atoms with Crippen molar-refractivity contribution >= 4 is 17.9 Å². The Morgan fingerprint density at radius 3 is 1.51 bits per heavy atom. The summed E-state index contributed by atoms with van der Waals surface area (Å²) in [5.74, 6) is -2.45. The van der Waals surface area contributed by atoms with Gasteiger partial charge in [0.05, 0.1) is 6.61 Å². The smallest absolute Gasteiger partial charge is 0.335 e. The SMILES string of the molecule is CC/C=C\C/C=C\C/C=C\C/C=C\CCCCCCCCCCC(=O)OCC(COC1OC(C(=O)O)C(O)C(O)C1O)OC(=O)CCCCCCCCCCCCCC. The maximum atomic E-state index is 12.7. The van der Waals surface area contributed by atoms with Crippen molar-refractivity contribution in [1.29, 1.82) is 0 Å². The second-order valence-electron chi connectivity index (χ2n) is 15.9. The number of esters is 2.